The Labute approximate surface area is 155 Å². The molecule has 0 radical (unpaired) electrons. The number of carbonyl (C=O) groups is 2. The SMILES string of the molecule is COc1cc(O)c2c(c1)C(=O)C1=CC(CBr)(CBr)CC(O)=C1C2=O. The van der Waals surface area contributed by atoms with E-state index in [2.05, 4.69) is 31.9 Å². The maximum absolute atomic E-state index is 12.9. The summed E-state index contributed by atoms with van der Waals surface area (Å²) < 4.78 is 5.07. The molecular formula is C17H14Br2O5. The molecule has 7 heteroatoms. The molecule has 0 unspecified atom stereocenters. The van der Waals surface area contributed by atoms with E-state index in [0.717, 1.165) is 0 Å². The zero-order valence-electron chi connectivity index (χ0n) is 12.7. The lowest BCUT2D eigenvalue weighted by Crippen LogP contribution is -2.33. The van der Waals surface area contributed by atoms with E-state index in [1.807, 2.05) is 0 Å². The Bertz CT molecular complexity index is 819. The summed E-state index contributed by atoms with van der Waals surface area (Å²) in [6, 6.07) is 2.71. The maximum atomic E-state index is 12.9. The lowest BCUT2D eigenvalue weighted by Gasteiger charge is -2.34. The van der Waals surface area contributed by atoms with Crippen molar-refractivity contribution in [3.05, 3.63) is 46.2 Å². The molecule has 0 spiro atoms. The van der Waals surface area contributed by atoms with Crippen molar-refractivity contribution in [3.63, 3.8) is 0 Å². The number of fused-ring (bicyclic) bond motifs is 2. The van der Waals surface area contributed by atoms with Gasteiger partial charge in [0.2, 0.25) is 5.78 Å². The fourth-order valence-corrected chi connectivity index (χ4v) is 4.70. The number of hydrogen-bond acceptors (Lipinski definition) is 5. The van der Waals surface area contributed by atoms with E-state index in [-0.39, 0.29) is 46.0 Å². The molecule has 1 aromatic carbocycles. The zero-order chi connectivity index (χ0) is 17.6. The third-order valence-electron chi connectivity index (χ3n) is 4.33. The van der Waals surface area contributed by atoms with Gasteiger partial charge in [0.05, 0.1) is 18.2 Å². The average Bonchev–Trinajstić information content (AvgIpc) is 2.58. The van der Waals surface area contributed by atoms with Crippen molar-refractivity contribution in [2.75, 3.05) is 17.8 Å². The van der Waals surface area contributed by atoms with Crippen molar-refractivity contribution >= 4 is 43.4 Å². The van der Waals surface area contributed by atoms with Crippen LogP contribution >= 0.6 is 31.9 Å². The van der Waals surface area contributed by atoms with Crippen molar-refractivity contribution < 1.29 is 24.5 Å². The molecule has 0 atom stereocenters. The Balaban J connectivity index is 2.28. The molecule has 3 rings (SSSR count). The molecule has 0 aromatic heterocycles. The molecular weight excluding hydrogens is 444 g/mol. The van der Waals surface area contributed by atoms with Crippen LogP contribution in [0.4, 0.5) is 0 Å². The monoisotopic (exact) mass is 456 g/mol. The summed E-state index contributed by atoms with van der Waals surface area (Å²) in [7, 11) is 1.41. The number of allylic oxidation sites excluding steroid dienone is 4. The summed E-state index contributed by atoms with van der Waals surface area (Å²) >= 11 is 6.82. The third-order valence-corrected chi connectivity index (χ3v) is 6.56. The fourth-order valence-electron chi connectivity index (χ4n) is 3.05. The Hall–Kier alpha value is -1.60. The lowest BCUT2D eigenvalue weighted by atomic mass is 9.72. The van der Waals surface area contributed by atoms with Gasteiger partial charge in [0, 0.05) is 39.7 Å². The van der Waals surface area contributed by atoms with Crippen LogP contribution < -0.4 is 4.74 Å². The van der Waals surface area contributed by atoms with Gasteiger partial charge in [-0.3, -0.25) is 9.59 Å². The largest absolute Gasteiger partial charge is 0.511 e. The normalized spacial score (nSPS) is 18.9. The third kappa shape index (κ3) is 2.41. The molecule has 0 saturated heterocycles. The average molecular weight is 458 g/mol. The Morgan fingerprint density at radius 1 is 1.17 bits per heavy atom. The summed E-state index contributed by atoms with van der Waals surface area (Å²) in [5.74, 6) is -1.14. The molecule has 0 bridgehead atoms. The predicted molar refractivity (Wildman–Crippen MR) is 95.7 cm³/mol. The van der Waals surface area contributed by atoms with Crippen LogP contribution in [0.2, 0.25) is 0 Å². The first kappa shape index (κ1) is 17.2. The smallest absolute Gasteiger partial charge is 0.201 e. The summed E-state index contributed by atoms with van der Waals surface area (Å²) in [6.45, 7) is 0. The van der Waals surface area contributed by atoms with Crippen molar-refractivity contribution in [3.8, 4) is 11.5 Å². The molecule has 24 heavy (non-hydrogen) atoms. The number of aliphatic hydroxyl groups is 1. The van der Waals surface area contributed by atoms with E-state index in [1.54, 1.807) is 6.08 Å². The first-order valence-electron chi connectivity index (χ1n) is 7.15. The lowest BCUT2D eigenvalue weighted by molar-refractivity contribution is 0.0959. The van der Waals surface area contributed by atoms with E-state index in [9.17, 15) is 19.8 Å². The number of alkyl halides is 2. The van der Waals surface area contributed by atoms with Crippen molar-refractivity contribution in [1.82, 2.24) is 0 Å². The van der Waals surface area contributed by atoms with Crippen molar-refractivity contribution in [2.24, 2.45) is 5.41 Å². The first-order valence-corrected chi connectivity index (χ1v) is 9.39. The highest BCUT2D eigenvalue weighted by Gasteiger charge is 2.43. The van der Waals surface area contributed by atoms with Crippen LogP contribution in [0.1, 0.15) is 27.1 Å². The van der Waals surface area contributed by atoms with Gasteiger partial charge in [-0.1, -0.05) is 37.9 Å². The van der Waals surface area contributed by atoms with Crippen LogP contribution in [0.3, 0.4) is 0 Å². The second-order valence-corrected chi connectivity index (χ2v) is 7.03. The molecule has 1 aromatic rings. The Morgan fingerprint density at radius 3 is 2.42 bits per heavy atom. The highest BCUT2D eigenvalue weighted by molar-refractivity contribution is 9.09. The molecule has 2 aliphatic rings. The van der Waals surface area contributed by atoms with Crippen LogP contribution in [0.5, 0.6) is 11.5 Å². The van der Waals surface area contributed by atoms with Crippen molar-refractivity contribution in [2.45, 2.75) is 6.42 Å². The van der Waals surface area contributed by atoms with E-state index in [1.165, 1.54) is 19.2 Å². The fraction of sp³-hybridized carbons (Fsp3) is 0.294. The number of phenolic OH excluding ortho intramolecular Hbond substituents is 1. The molecule has 2 aliphatic carbocycles. The van der Waals surface area contributed by atoms with Crippen molar-refractivity contribution in [1.29, 1.82) is 0 Å². The van der Waals surface area contributed by atoms with Gasteiger partial charge >= 0.3 is 0 Å². The van der Waals surface area contributed by atoms with Gasteiger partial charge in [-0.05, 0) is 6.07 Å². The van der Waals surface area contributed by atoms with Gasteiger partial charge in [-0.15, -0.1) is 0 Å². The van der Waals surface area contributed by atoms with Crippen LogP contribution in [0.15, 0.2) is 35.1 Å². The van der Waals surface area contributed by atoms with E-state index >= 15 is 0 Å². The second kappa shape index (κ2) is 6.04. The molecule has 0 fully saturated rings. The number of Topliss-reactive ketones (excluding diaryl/α,β-unsaturated/α-hetero) is 2. The van der Waals surface area contributed by atoms with E-state index in [0.29, 0.717) is 10.7 Å². The molecule has 0 saturated carbocycles. The highest BCUT2D eigenvalue weighted by Crippen LogP contribution is 2.45. The number of benzene rings is 1. The van der Waals surface area contributed by atoms with Crippen LogP contribution in [0.25, 0.3) is 0 Å². The van der Waals surface area contributed by atoms with Crippen LogP contribution in [-0.4, -0.2) is 39.5 Å². The Morgan fingerprint density at radius 2 is 1.83 bits per heavy atom. The minimum Gasteiger partial charge on any atom is -0.511 e. The first-order chi connectivity index (χ1) is 11.4. The summed E-state index contributed by atoms with van der Waals surface area (Å²) in [4.78, 5) is 25.7. The molecule has 2 N–H and O–H groups in total. The topological polar surface area (TPSA) is 83.8 Å². The van der Waals surface area contributed by atoms with Crippen LogP contribution in [0, 0.1) is 5.41 Å². The summed E-state index contributed by atoms with van der Waals surface area (Å²) in [5, 5.41) is 21.6. The van der Waals surface area contributed by atoms with Gasteiger partial charge in [0.15, 0.2) is 5.78 Å². The number of carbonyl (C=O) groups excluding carboxylic acids is 2. The number of ketones is 2. The zero-order valence-corrected chi connectivity index (χ0v) is 15.9. The minimum atomic E-state index is -0.550. The number of aromatic hydroxyl groups is 1. The molecule has 126 valence electrons. The summed E-state index contributed by atoms with van der Waals surface area (Å²) in [5.41, 5.74) is -0.366. The number of aliphatic hydroxyl groups excluding tert-OH is 1. The molecule has 5 nitrogen and oxygen atoms in total. The van der Waals surface area contributed by atoms with Gasteiger partial charge in [-0.25, -0.2) is 0 Å². The van der Waals surface area contributed by atoms with Gasteiger partial charge in [0.1, 0.15) is 17.3 Å². The number of rotatable bonds is 3. The summed E-state index contributed by atoms with van der Waals surface area (Å²) in [6.07, 6.45) is 1.96. The predicted octanol–water partition coefficient (Wildman–Crippen LogP) is 3.70. The number of methoxy groups -OCH3 is 1. The van der Waals surface area contributed by atoms with E-state index < -0.39 is 17.0 Å². The van der Waals surface area contributed by atoms with Gasteiger partial charge in [-0.2, -0.15) is 0 Å². The number of ether oxygens (including phenoxy) is 1. The van der Waals surface area contributed by atoms with Gasteiger partial charge in [0.25, 0.3) is 0 Å². The minimum absolute atomic E-state index is 0.0227. The number of hydrogen-bond donors (Lipinski definition) is 2. The quantitative estimate of drug-likeness (QED) is 0.676. The molecule has 0 heterocycles. The van der Waals surface area contributed by atoms with E-state index in [4.69, 9.17) is 4.74 Å². The number of halogens is 2. The second-order valence-electron chi connectivity index (χ2n) is 5.91. The molecule has 0 amide bonds. The van der Waals surface area contributed by atoms with Crippen LogP contribution in [-0.2, 0) is 0 Å². The Kier molecular flexibility index (Phi) is 4.34. The molecule has 0 aliphatic heterocycles. The standard InChI is InChI=1S/C17H14Br2O5/c1-24-8-2-9-13(11(20)3-8)16(23)14-10(15(9)22)4-17(6-18,7-19)5-12(14)21/h2-4,20-21H,5-7H2,1H3. The number of phenols is 1. The highest BCUT2D eigenvalue weighted by atomic mass is 79.9. The van der Waals surface area contributed by atoms with Gasteiger partial charge < -0.3 is 14.9 Å². The maximum Gasteiger partial charge on any atom is 0.201 e.